The molecular weight excluding hydrogens is 749 g/mol. The zero-order valence-electron chi connectivity index (χ0n) is 27.5. The van der Waals surface area contributed by atoms with Gasteiger partial charge in [0.05, 0.1) is 0 Å². The topological polar surface area (TPSA) is 25.8 Å². The van der Waals surface area contributed by atoms with Gasteiger partial charge in [0, 0.05) is 32.5 Å². The van der Waals surface area contributed by atoms with Crippen molar-refractivity contribution in [2.24, 2.45) is 11.8 Å². The van der Waals surface area contributed by atoms with Crippen molar-refractivity contribution in [3.05, 3.63) is 157 Å². The van der Waals surface area contributed by atoms with Crippen LogP contribution in [0.3, 0.4) is 0 Å². The molecule has 0 aliphatic carbocycles. The molecule has 0 bridgehead atoms. The standard InChI is InChI=1S/C27H28N.C17H12N.Ir/c1-18(2)13-20-15-21(14-19(3)4)17-23(16-20)27-26-10-9-22-7-5-6-8-24(22)25(26)11-12-28-27;1-3-7-14(8-4-1)16-11-12-17(18-13-16)15-9-5-2-6-10-15;/h5-12,15-16,18-19H,13-14H2,1-4H3;1-9,11-13H;/q2*-1;. The summed E-state index contributed by atoms with van der Waals surface area (Å²) in [5, 5.41) is 5.01. The van der Waals surface area contributed by atoms with E-state index in [1.807, 2.05) is 60.9 Å². The number of aromatic nitrogens is 2. The van der Waals surface area contributed by atoms with Crippen molar-refractivity contribution in [1.29, 1.82) is 0 Å². The van der Waals surface area contributed by atoms with Gasteiger partial charge in [0.2, 0.25) is 0 Å². The molecule has 1 radical (unpaired) electrons. The summed E-state index contributed by atoms with van der Waals surface area (Å²) in [7, 11) is 0. The summed E-state index contributed by atoms with van der Waals surface area (Å²) in [4.78, 5) is 9.29. The predicted octanol–water partition coefficient (Wildman–Crippen LogP) is 11.5. The maximum absolute atomic E-state index is 4.79. The summed E-state index contributed by atoms with van der Waals surface area (Å²) in [5.74, 6) is 1.24. The molecule has 7 rings (SSSR count). The van der Waals surface area contributed by atoms with Crippen LogP contribution in [0.1, 0.15) is 38.8 Å². The zero-order valence-corrected chi connectivity index (χ0v) is 29.9. The molecule has 3 heteroatoms. The van der Waals surface area contributed by atoms with Crippen LogP contribution in [0.15, 0.2) is 134 Å². The van der Waals surface area contributed by atoms with Crippen molar-refractivity contribution in [2.75, 3.05) is 0 Å². The Labute approximate surface area is 293 Å². The Kier molecular flexibility index (Phi) is 11.5. The van der Waals surface area contributed by atoms with Gasteiger partial charge < -0.3 is 9.97 Å². The van der Waals surface area contributed by atoms with Crippen LogP contribution in [0.2, 0.25) is 0 Å². The van der Waals surface area contributed by atoms with E-state index in [0.29, 0.717) is 11.8 Å². The molecule has 0 atom stereocenters. The van der Waals surface area contributed by atoms with Crippen LogP contribution in [-0.4, -0.2) is 9.97 Å². The summed E-state index contributed by atoms with van der Waals surface area (Å²) in [6.45, 7) is 9.09. The first-order chi connectivity index (χ1) is 22.4. The van der Waals surface area contributed by atoms with Crippen molar-refractivity contribution < 1.29 is 20.1 Å². The molecule has 0 aliphatic heterocycles. The van der Waals surface area contributed by atoms with Crippen molar-refractivity contribution in [2.45, 2.75) is 40.5 Å². The summed E-state index contributed by atoms with van der Waals surface area (Å²) in [6, 6.07) is 48.9. The van der Waals surface area contributed by atoms with Gasteiger partial charge in [-0.1, -0.05) is 107 Å². The third kappa shape index (κ3) is 8.49. The van der Waals surface area contributed by atoms with Gasteiger partial charge in [0.15, 0.2) is 0 Å². The number of fused-ring (bicyclic) bond motifs is 3. The molecule has 0 aliphatic rings. The van der Waals surface area contributed by atoms with Gasteiger partial charge in [0.25, 0.3) is 0 Å². The van der Waals surface area contributed by atoms with Gasteiger partial charge in [-0.2, -0.15) is 0 Å². The fraction of sp³-hybridized carbons (Fsp3) is 0.182. The van der Waals surface area contributed by atoms with E-state index in [9.17, 15) is 0 Å². The third-order valence-electron chi connectivity index (χ3n) is 8.04. The largest absolute Gasteiger partial charge is 0.304 e. The van der Waals surface area contributed by atoms with Gasteiger partial charge in [-0.05, 0) is 74.8 Å². The molecule has 2 nitrogen and oxygen atoms in total. The molecule has 0 saturated carbocycles. The summed E-state index contributed by atoms with van der Waals surface area (Å²) in [6.07, 6.45) is 5.98. The smallest absolute Gasteiger partial charge is 0.0239 e. The first kappa shape index (κ1) is 33.9. The van der Waals surface area contributed by atoms with E-state index in [2.05, 4.69) is 118 Å². The van der Waals surface area contributed by atoms with Crippen molar-refractivity contribution in [3.63, 3.8) is 0 Å². The van der Waals surface area contributed by atoms with E-state index in [1.54, 1.807) is 0 Å². The molecule has 237 valence electrons. The minimum atomic E-state index is 0. The predicted molar refractivity (Wildman–Crippen MR) is 195 cm³/mol. The number of rotatable bonds is 7. The SMILES string of the molecule is CC(C)Cc1[c-]c(-c2nccc3c2ccc2ccccc23)cc(CC(C)C)c1.[Ir].[c-]1ccccc1-c1ccc(-c2ccccc2)cn1. The van der Waals surface area contributed by atoms with Crippen LogP contribution in [0.25, 0.3) is 55.2 Å². The minimum absolute atomic E-state index is 0. The molecule has 0 unspecified atom stereocenters. The molecule has 0 fully saturated rings. The Morgan fingerprint density at radius 2 is 1.36 bits per heavy atom. The molecule has 2 aromatic heterocycles. The van der Waals surface area contributed by atoms with E-state index < -0.39 is 0 Å². The molecule has 5 aromatic carbocycles. The number of nitrogens with zero attached hydrogens (tertiary/aromatic N) is 2. The third-order valence-corrected chi connectivity index (χ3v) is 8.04. The Morgan fingerprint density at radius 3 is 2.09 bits per heavy atom. The van der Waals surface area contributed by atoms with Crippen LogP contribution in [-0.2, 0) is 32.9 Å². The minimum Gasteiger partial charge on any atom is -0.304 e. The Balaban J connectivity index is 0.000000197. The first-order valence-electron chi connectivity index (χ1n) is 16.2. The van der Waals surface area contributed by atoms with E-state index in [0.717, 1.165) is 40.9 Å². The van der Waals surface area contributed by atoms with E-state index in [-0.39, 0.29) is 20.1 Å². The number of benzene rings is 5. The molecule has 2 heterocycles. The average molecular weight is 789 g/mol. The van der Waals surface area contributed by atoms with Gasteiger partial charge >= 0.3 is 0 Å². The number of hydrogen-bond acceptors (Lipinski definition) is 2. The van der Waals surface area contributed by atoms with Crippen LogP contribution in [0.5, 0.6) is 0 Å². The second-order valence-corrected chi connectivity index (χ2v) is 12.7. The van der Waals surface area contributed by atoms with Crippen LogP contribution in [0, 0.1) is 24.0 Å². The van der Waals surface area contributed by atoms with Gasteiger partial charge in [0.1, 0.15) is 0 Å². The Morgan fingerprint density at radius 1 is 0.596 bits per heavy atom. The van der Waals surface area contributed by atoms with E-state index in [4.69, 9.17) is 4.98 Å². The second kappa shape index (κ2) is 15.9. The molecule has 0 spiro atoms. The molecule has 0 saturated heterocycles. The Hall–Kier alpha value is -4.43. The van der Waals surface area contributed by atoms with Crippen molar-refractivity contribution >= 4 is 21.5 Å². The van der Waals surface area contributed by atoms with Crippen LogP contribution >= 0.6 is 0 Å². The van der Waals surface area contributed by atoms with Gasteiger partial charge in [-0.15, -0.1) is 70.8 Å². The number of hydrogen-bond donors (Lipinski definition) is 0. The summed E-state index contributed by atoms with van der Waals surface area (Å²) >= 11 is 0. The monoisotopic (exact) mass is 789 g/mol. The van der Waals surface area contributed by atoms with Crippen molar-refractivity contribution in [3.8, 4) is 33.6 Å². The average Bonchev–Trinajstić information content (AvgIpc) is 3.08. The quantitative estimate of drug-likeness (QED) is 0.119. The molecule has 0 amide bonds. The molecule has 7 aromatic rings. The van der Waals surface area contributed by atoms with E-state index >= 15 is 0 Å². The van der Waals surface area contributed by atoms with Gasteiger partial charge in [-0.25, -0.2) is 0 Å². The second-order valence-electron chi connectivity index (χ2n) is 12.7. The van der Waals surface area contributed by atoms with Crippen molar-refractivity contribution in [1.82, 2.24) is 9.97 Å². The normalized spacial score (nSPS) is 10.9. The maximum atomic E-state index is 4.79. The fourth-order valence-electron chi connectivity index (χ4n) is 6.02. The number of pyridine rings is 2. The molecule has 0 N–H and O–H groups in total. The zero-order chi connectivity index (χ0) is 31.9. The van der Waals surface area contributed by atoms with Crippen LogP contribution < -0.4 is 0 Å². The molecule has 47 heavy (non-hydrogen) atoms. The van der Waals surface area contributed by atoms with Crippen LogP contribution in [0.4, 0.5) is 0 Å². The van der Waals surface area contributed by atoms with Gasteiger partial charge in [-0.3, -0.25) is 0 Å². The maximum Gasteiger partial charge on any atom is 0.0239 e. The summed E-state index contributed by atoms with van der Waals surface area (Å²) in [5.41, 5.74) is 9.14. The molecular formula is C44H40IrN2-2. The van der Waals surface area contributed by atoms with E-state index in [1.165, 1.54) is 38.2 Å². The fourth-order valence-corrected chi connectivity index (χ4v) is 6.02. The first-order valence-corrected chi connectivity index (χ1v) is 16.2. The Bertz CT molecular complexity index is 1950. The summed E-state index contributed by atoms with van der Waals surface area (Å²) < 4.78 is 0.